The Morgan fingerprint density at radius 3 is 2.96 bits per heavy atom. The van der Waals surface area contributed by atoms with Crippen LogP contribution in [0.15, 0.2) is 22.9 Å². The van der Waals surface area contributed by atoms with Crippen LogP contribution in [-0.2, 0) is 0 Å². The number of aromatic nitrogens is 1. The minimum absolute atomic E-state index is 0.0789. The van der Waals surface area contributed by atoms with Gasteiger partial charge in [-0.15, -0.1) is 0 Å². The van der Waals surface area contributed by atoms with Crippen LogP contribution < -0.4 is 15.5 Å². The number of amides is 1. The fourth-order valence-electron chi connectivity index (χ4n) is 4.47. The van der Waals surface area contributed by atoms with Crippen molar-refractivity contribution in [2.75, 3.05) is 18.0 Å². The lowest BCUT2D eigenvalue weighted by molar-refractivity contribution is 0.0926. The normalized spacial score (nSPS) is 28.8. The standard InChI is InChI=1S/C18H22N4O2/c23-18(21-14-7-11-3-4-13(14)20-11)15-8-12-16(22-5-1-2-6-22)10-24-17(12)9-19-15/h8-11,13-14,20H,1-7H2,(H,21,23)/t11-,13+,14-/m1/s1. The Hall–Kier alpha value is -2.08. The van der Waals surface area contributed by atoms with E-state index in [4.69, 9.17) is 4.42 Å². The smallest absolute Gasteiger partial charge is 0.270 e. The van der Waals surface area contributed by atoms with Crippen LogP contribution in [0.5, 0.6) is 0 Å². The van der Waals surface area contributed by atoms with Crippen LogP contribution in [0, 0.1) is 0 Å². The van der Waals surface area contributed by atoms with Gasteiger partial charge in [0.15, 0.2) is 5.58 Å². The van der Waals surface area contributed by atoms with Gasteiger partial charge in [0.2, 0.25) is 0 Å². The van der Waals surface area contributed by atoms with Gasteiger partial charge in [0, 0.05) is 36.6 Å². The first kappa shape index (κ1) is 14.3. The summed E-state index contributed by atoms with van der Waals surface area (Å²) in [5.41, 5.74) is 2.31. The van der Waals surface area contributed by atoms with Gasteiger partial charge in [-0.25, -0.2) is 4.98 Å². The molecule has 1 amide bonds. The molecule has 24 heavy (non-hydrogen) atoms. The van der Waals surface area contributed by atoms with Crippen LogP contribution in [0.2, 0.25) is 0 Å². The third-order valence-electron chi connectivity index (χ3n) is 5.74. The van der Waals surface area contributed by atoms with Crippen molar-refractivity contribution in [1.82, 2.24) is 15.6 Å². The molecule has 3 aliphatic rings. The van der Waals surface area contributed by atoms with Crippen molar-refractivity contribution < 1.29 is 9.21 Å². The van der Waals surface area contributed by atoms with Gasteiger partial charge in [0.25, 0.3) is 5.91 Å². The van der Waals surface area contributed by atoms with E-state index in [1.165, 1.54) is 19.3 Å². The Labute approximate surface area is 140 Å². The van der Waals surface area contributed by atoms with Gasteiger partial charge >= 0.3 is 0 Å². The van der Waals surface area contributed by atoms with Crippen LogP contribution in [0.1, 0.15) is 42.6 Å². The molecule has 0 aromatic carbocycles. The Kier molecular flexibility index (Phi) is 3.26. The largest absolute Gasteiger partial charge is 0.460 e. The molecule has 5 rings (SSSR count). The maximum atomic E-state index is 12.6. The minimum Gasteiger partial charge on any atom is -0.460 e. The Morgan fingerprint density at radius 1 is 1.33 bits per heavy atom. The molecule has 0 unspecified atom stereocenters. The van der Waals surface area contributed by atoms with Gasteiger partial charge < -0.3 is 20.0 Å². The lowest BCUT2D eigenvalue weighted by Gasteiger charge is -2.21. The molecule has 2 N–H and O–H groups in total. The van der Waals surface area contributed by atoms with Crippen molar-refractivity contribution in [2.24, 2.45) is 0 Å². The third kappa shape index (κ3) is 2.28. The van der Waals surface area contributed by atoms with E-state index in [-0.39, 0.29) is 11.9 Å². The molecular weight excluding hydrogens is 304 g/mol. The highest BCUT2D eigenvalue weighted by molar-refractivity contribution is 5.99. The van der Waals surface area contributed by atoms with E-state index in [1.54, 1.807) is 12.5 Å². The predicted molar refractivity (Wildman–Crippen MR) is 91.3 cm³/mol. The summed E-state index contributed by atoms with van der Waals surface area (Å²) in [7, 11) is 0. The lowest BCUT2D eigenvalue weighted by Crippen LogP contribution is -2.43. The van der Waals surface area contributed by atoms with Crippen LogP contribution in [0.4, 0.5) is 5.69 Å². The number of fused-ring (bicyclic) bond motifs is 3. The molecule has 2 aromatic heterocycles. The minimum atomic E-state index is -0.0789. The van der Waals surface area contributed by atoms with Crippen molar-refractivity contribution in [3.63, 3.8) is 0 Å². The molecule has 6 nitrogen and oxygen atoms in total. The molecule has 5 heterocycles. The second kappa shape index (κ2) is 5.48. The van der Waals surface area contributed by atoms with Crippen molar-refractivity contribution in [3.05, 3.63) is 24.2 Å². The fourth-order valence-corrected chi connectivity index (χ4v) is 4.47. The molecule has 0 saturated carbocycles. The molecule has 3 fully saturated rings. The summed E-state index contributed by atoms with van der Waals surface area (Å²) in [6.45, 7) is 2.10. The maximum absolute atomic E-state index is 12.6. The molecule has 126 valence electrons. The zero-order valence-electron chi connectivity index (χ0n) is 13.6. The summed E-state index contributed by atoms with van der Waals surface area (Å²) in [6.07, 6.45) is 9.30. The fraction of sp³-hybridized carbons (Fsp3) is 0.556. The third-order valence-corrected chi connectivity index (χ3v) is 5.74. The average molecular weight is 326 g/mol. The average Bonchev–Trinajstić information content (AvgIpc) is 3.36. The van der Waals surface area contributed by atoms with E-state index in [1.807, 2.05) is 6.07 Å². The van der Waals surface area contributed by atoms with Gasteiger partial charge in [0.05, 0.1) is 11.9 Å². The molecule has 3 atom stereocenters. The number of carbonyl (C=O) groups excluding carboxylic acids is 1. The number of carbonyl (C=O) groups is 1. The highest BCUT2D eigenvalue weighted by Crippen LogP contribution is 2.32. The highest BCUT2D eigenvalue weighted by Gasteiger charge is 2.39. The highest BCUT2D eigenvalue weighted by atomic mass is 16.3. The first-order valence-electron chi connectivity index (χ1n) is 8.97. The molecule has 2 aromatic rings. The molecule has 3 saturated heterocycles. The number of furan rings is 1. The zero-order chi connectivity index (χ0) is 16.1. The van der Waals surface area contributed by atoms with Gasteiger partial charge in [-0.05, 0) is 38.2 Å². The van der Waals surface area contributed by atoms with Crippen LogP contribution >= 0.6 is 0 Å². The van der Waals surface area contributed by atoms with Gasteiger partial charge in [-0.2, -0.15) is 0 Å². The second-order valence-electron chi connectivity index (χ2n) is 7.24. The topological polar surface area (TPSA) is 70.4 Å². The molecule has 6 heteroatoms. The van der Waals surface area contributed by atoms with E-state index < -0.39 is 0 Å². The summed E-state index contributed by atoms with van der Waals surface area (Å²) in [6, 6.07) is 3.11. The van der Waals surface area contributed by atoms with Gasteiger partial charge in [-0.1, -0.05) is 0 Å². The van der Waals surface area contributed by atoms with Crippen LogP contribution in [-0.4, -0.2) is 42.1 Å². The number of nitrogens with zero attached hydrogens (tertiary/aromatic N) is 2. The molecule has 2 bridgehead atoms. The quantitative estimate of drug-likeness (QED) is 0.903. The summed E-state index contributed by atoms with van der Waals surface area (Å²) in [5.74, 6) is -0.0789. The Morgan fingerprint density at radius 2 is 2.21 bits per heavy atom. The van der Waals surface area contributed by atoms with Crippen LogP contribution in [0.3, 0.4) is 0 Å². The lowest BCUT2D eigenvalue weighted by atomic mass is 9.95. The van der Waals surface area contributed by atoms with Gasteiger partial charge in [0.1, 0.15) is 12.0 Å². The Bertz CT molecular complexity index is 780. The van der Waals surface area contributed by atoms with Crippen molar-refractivity contribution in [2.45, 2.75) is 50.2 Å². The second-order valence-corrected chi connectivity index (χ2v) is 7.24. The molecule has 0 aliphatic carbocycles. The first-order chi connectivity index (χ1) is 11.8. The zero-order valence-corrected chi connectivity index (χ0v) is 13.6. The van der Waals surface area contributed by atoms with E-state index in [2.05, 4.69) is 20.5 Å². The number of nitrogens with one attached hydrogen (secondary N) is 2. The first-order valence-corrected chi connectivity index (χ1v) is 8.97. The number of pyridine rings is 1. The molecule has 3 aliphatic heterocycles. The summed E-state index contributed by atoms with van der Waals surface area (Å²) in [5, 5.41) is 7.70. The monoisotopic (exact) mass is 326 g/mol. The van der Waals surface area contributed by atoms with E-state index in [9.17, 15) is 4.79 Å². The number of hydrogen-bond acceptors (Lipinski definition) is 5. The number of hydrogen-bond donors (Lipinski definition) is 2. The Balaban J connectivity index is 1.40. The molecular formula is C18H22N4O2. The van der Waals surface area contributed by atoms with E-state index >= 15 is 0 Å². The number of anilines is 1. The molecule has 0 radical (unpaired) electrons. The van der Waals surface area contributed by atoms with Crippen molar-refractivity contribution >= 4 is 22.6 Å². The summed E-state index contributed by atoms with van der Waals surface area (Å²) < 4.78 is 5.62. The summed E-state index contributed by atoms with van der Waals surface area (Å²) >= 11 is 0. The van der Waals surface area contributed by atoms with E-state index in [0.717, 1.165) is 42.6 Å². The number of rotatable bonds is 3. The molecule has 0 spiro atoms. The maximum Gasteiger partial charge on any atom is 0.270 e. The van der Waals surface area contributed by atoms with Crippen molar-refractivity contribution in [3.8, 4) is 0 Å². The van der Waals surface area contributed by atoms with Crippen LogP contribution in [0.25, 0.3) is 11.0 Å². The van der Waals surface area contributed by atoms with Crippen molar-refractivity contribution in [1.29, 1.82) is 0 Å². The van der Waals surface area contributed by atoms with E-state index in [0.29, 0.717) is 17.8 Å². The predicted octanol–water partition coefficient (Wildman–Crippen LogP) is 2.05. The SMILES string of the molecule is O=C(N[C@@H]1C[C@H]2CC[C@@H]1N2)c1cc2c(N3CCCC3)coc2cn1. The summed E-state index contributed by atoms with van der Waals surface area (Å²) in [4.78, 5) is 19.3. The van der Waals surface area contributed by atoms with Gasteiger partial charge in [-0.3, -0.25) is 4.79 Å².